The molecule has 1 amide bonds. The monoisotopic (exact) mass is 370 g/mol. The molecule has 1 saturated carbocycles. The van der Waals surface area contributed by atoms with E-state index < -0.39 is 5.91 Å². The number of aliphatic hydroxyl groups is 1. The van der Waals surface area contributed by atoms with Crippen LogP contribution in [0.5, 0.6) is 11.5 Å². The van der Waals surface area contributed by atoms with Crippen molar-refractivity contribution in [3.8, 4) is 22.6 Å². The molecule has 1 aliphatic carbocycles. The predicted octanol–water partition coefficient (Wildman–Crippen LogP) is 3.19. The highest BCUT2D eigenvalue weighted by atomic mass is 16.5. The zero-order valence-corrected chi connectivity index (χ0v) is 15.7. The van der Waals surface area contributed by atoms with Crippen molar-refractivity contribution in [3.05, 3.63) is 42.0 Å². The van der Waals surface area contributed by atoms with Crippen molar-refractivity contribution in [2.45, 2.75) is 37.8 Å². The SMILES string of the molecule is COc1cccc(-c2ccc(C(N)=O)c(NC3CCC(O)CC3)c2)c1OC. The first-order chi connectivity index (χ1) is 13.0. The lowest BCUT2D eigenvalue weighted by Crippen LogP contribution is -2.29. The standard InChI is InChI=1S/C21H26N2O4/c1-26-19-5-3-4-16(20(19)27-2)13-6-11-17(21(22)25)18(12-13)23-14-7-9-15(24)10-8-14/h3-6,11-12,14-15,23-24H,7-10H2,1-2H3,(H2,22,25). The van der Waals surface area contributed by atoms with Crippen molar-refractivity contribution in [1.82, 2.24) is 0 Å². The first-order valence-electron chi connectivity index (χ1n) is 9.13. The molecule has 1 fully saturated rings. The van der Waals surface area contributed by atoms with Crippen LogP contribution in [0.25, 0.3) is 11.1 Å². The molecule has 2 aromatic rings. The lowest BCUT2D eigenvalue weighted by Gasteiger charge is -2.28. The number of hydrogen-bond donors (Lipinski definition) is 3. The molecule has 144 valence electrons. The molecule has 0 unspecified atom stereocenters. The van der Waals surface area contributed by atoms with Crippen LogP contribution in [0.15, 0.2) is 36.4 Å². The second-order valence-electron chi connectivity index (χ2n) is 6.82. The number of nitrogens with two attached hydrogens (primary N) is 1. The summed E-state index contributed by atoms with van der Waals surface area (Å²) < 4.78 is 10.9. The van der Waals surface area contributed by atoms with Crippen molar-refractivity contribution in [1.29, 1.82) is 0 Å². The minimum Gasteiger partial charge on any atom is -0.493 e. The quantitative estimate of drug-likeness (QED) is 0.726. The molecule has 0 saturated heterocycles. The van der Waals surface area contributed by atoms with E-state index in [4.69, 9.17) is 15.2 Å². The van der Waals surface area contributed by atoms with Crippen molar-refractivity contribution >= 4 is 11.6 Å². The molecule has 6 heteroatoms. The minimum absolute atomic E-state index is 0.203. The fraction of sp³-hybridized carbons (Fsp3) is 0.381. The summed E-state index contributed by atoms with van der Waals surface area (Å²) in [5, 5.41) is 13.2. The van der Waals surface area contributed by atoms with Crippen LogP contribution in [0, 0.1) is 0 Å². The molecule has 0 atom stereocenters. The number of hydrogen-bond acceptors (Lipinski definition) is 5. The van der Waals surface area contributed by atoms with Gasteiger partial charge in [0.2, 0.25) is 0 Å². The Bertz CT molecular complexity index is 814. The number of carbonyl (C=O) groups is 1. The highest BCUT2D eigenvalue weighted by Gasteiger charge is 2.21. The van der Waals surface area contributed by atoms with Crippen LogP contribution in [-0.2, 0) is 0 Å². The van der Waals surface area contributed by atoms with Gasteiger partial charge in [0.05, 0.1) is 25.9 Å². The van der Waals surface area contributed by atoms with E-state index in [9.17, 15) is 9.90 Å². The van der Waals surface area contributed by atoms with E-state index in [1.165, 1.54) is 0 Å². The van der Waals surface area contributed by atoms with Gasteiger partial charge >= 0.3 is 0 Å². The zero-order valence-electron chi connectivity index (χ0n) is 15.7. The Morgan fingerprint density at radius 1 is 1.11 bits per heavy atom. The number of primary amides is 1. The number of carbonyl (C=O) groups excluding carboxylic acids is 1. The van der Waals surface area contributed by atoms with Crippen LogP contribution in [0.2, 0.25) is 0 Å². The predicted molar refractivity (Wildman–Crippen MR) is 105 cm³/mol. The van der Waals surface area contributed by atoms with Crippen LogP contribution in [0.1, 0.15) is 36.0 Å². The smallest absolute Gasteiger partial charge is 0.250 e. The zero-order chi connectivity index (χ0) is 19.4. The molecular weight excluding hydrogens is 344 g/mol. The summed E-state index contributed by atoms with van der Waals surface area (Å²) in [6, 6.07) is 11.4. The summed E-state index contributed by atoms with van der Waals surface area (Å²) in [6.45, 7) is 0. The number of methoxy groups -OCH3 is 2. The van der Waals surface area contributed by atoms with Gasteiger partial charge in [-0.15, -0.1) is 0 Å². The van der Waals surface area contributed by atoms with Gasteiger partial charge in [-0.05, 0) is 49.4 Å². The summed E-state index contributed by atoms with van der Waals surface area (Å²) in [5.74, 6) is 0.806. The van der Waals surface area contributed by atoms with Gasteiger partial charge in [-0.25, -0.2) is 0 Å². The molecule has 6 nitrogen and oxygen atoms in total. The number of benzene rings is 2. The van der Waals surface area contributed by atoms with Crippen molar-refractivity contribution < 1.29 is 19.4 Å². The van der Waals surface area contributed by atoms with E-state index >= 15 is 0 Å². The van der Waals surface area contributed by atoms with E-state index in [0.717, 1.165) is 36.8 Å². The number of rotatable bonds is 6. The third kappa shape index (κ3) is 4.17. The van der Waals surface area contributed by atoms with Crippen LogP contribution < -0.4 is 20.5 Å². The molecule has 0 spiro atoms. The Labute approximate surface area is 159 Å². The third-order valence-corrected chi connectivity index (χ3v) is 5.06. The van der Waals surface area contributed by atoms with Crippen LogP contribution in [0.3, 0.4) is 0 Å². The number of aliphatic hydroxyl groups excluding tert-OH is 1. The molecule has 1 aliphatic rings. The Kier molecular flexibility index (Phi) is 5.86. The molecule has 3 rings (SSSR count). The largest absolute Gasteiger partial charge is 0.493 e. The summed E-state index contributed by atoms with van der Waals surface area (Å²) in [4.78, 5) is 11.9. The summed E-state index contributed by atoms with van der Waals surface area (Å²) in [5.41, 5.74) is 8.49. The molecule has 0 aromatic heterocycles. The molecule has 4 N–H and O–H groups in total. The lowest BCUT2D eigenvalue weighted by atomic mass is 9.92. The van der Waals surface area contributed by atoms with Crippen LogP contribution in [-0.4, -0.2) is 37.4 Å². The Balaban J connectivity index is 1.98. The number of nitrogens with one attached hydrogen (secondary N) is 1. The maximum atomic E-state index is 11.9. The first-order valence-corrected chi connectivity index (χ1v) is 9.13. The molecule has 0 bridgehead atoms. The normalized spacial score (nSPS) is 19.4. The van der Waals surface area contributed by atoms with Gasteiger partial charge < -0.3 is 25.6 Å². The van der Waals surface area contributed by atoms with Gasteiger partial charge in [-0.2, -0.15) is 0 Å². The lowest BCUT2D eigenvalue weighted by molar-refractivity contribution is 0.100. The Morgan fingerprint density at radius 2 is 1.85 bits per heavy atom. The topological polar surface area (TPSA) is 93.8 Å². The van der Waals surface area contributed by atoms with Gasteiger partial charge in [0, 0.05) is 17.3 Å². The summed E-state index contributed by atoms with van der Waals surface area (Å²) >= 11 is 0. The first kappa shape index (κ1) is 19.0. The van der Waals surface area contributed by atoms with Gasteiger partial charge in [0.1, 0.15) is 0 Å². The van der Waals surface area contributed by atoms with E-state index in [2.05, 4.69) is 5.32 Å². The maximum absolute atomic E-state index is 11.9. The second-order valence-corrected chi connectivity index (χ2v) is 6.82. The van der Waals surface area contributed by atoms with Gasteiger partial charge in [-0.1, -0.05) is 18.2 Å². The molecule has 0 heterocycles. The fourth-order valence-corrected chi connectivity index (χ4v) is 3.60. The van der Waals surface area contributed by atoms with Gasteiger partial charge in [0.15, 0.2) is 11.5 Å². The van der Waals surface area contributed by atoms with E-state index in [0.29, 0.717) is 22.7 Å². The second kappa shape index (κ2) is 8.31. The average molecular weight is 370 g/mol. The van der Waals surface area contributed by atoms with Gasteiger partial charge in [-0.3, -0.25) is 4.79 Å². The highest BCUT2D eigenvalue weighted by Crippen LogP contribution is 2.39. The van der Waals surface area contributed by atoms with Crippen molar-refractivity contribution in [2.24, 2.45) is 5.73 Å². The number of amides is 1. The number of anilines is 1. The average Bonchev–Trinajstić information content (AvgIpc) is 2.68. The van der Waals surface area contributed by atoms with Gasteiger partial charge in [0.25, 0.3) is 5.91 Å². The van der Waals surface area contributed by atoms with Crippen molar-refractivity contribution in [2.75, 3.05) is 19.5 Å². The van der Waals surface area contributed by atoms with Crippen molar-refractivity contribution in [3.63, 3.8) is 0 Å². The molecule has 2 aromatic carbocycles. The van der Waals surface area contributed by atoms with Crippen LogP contribution >= 0.6 is 0 Å². The van der Waals surface area contributed by atoms with E-state index in [-0.39, 0.29) is 12.1 Å². The summed E-state index contributed by atoms with van der Waals surface area (Å²) in [7, 11) is 3.20. The molecule has 0 aliphatic heterocycles. The fourth-order valence-electron chi connectivity index (χ4n) is 3.60. The van der Waals surface area contributed by atoms with E-state index in [1.807, 2.05) is 30.3 Å². The van der Waals surface area contributed by atoms with E-state index in [1.54, 1.807) is 20.3 Å². The summed E-state index contributed by atoms with van der Waals surface area (Å²) in [6.07, 6.45) is 2.99. The maximum Gasteiger partial charge on any atom is 0.250 e. The number of ether oxygens (including phenoxy) is 2. The van der Waals surface area contributed by atoms with Crippen LogP contribution in [0.4, 0.5) is 5.69 Å². The highest BCUT2D eigenvalue weighted by molar-refractivity contribution is 5.99. The molecular formula is C21H26N2O4. The molecule has 27 heavy (non-hydrogen) atoms. The molecule has 0 radical (unpaired) electrons. The minimum atomic E-state index is -0.475. The number of para-hydroxylation sites is 1. The Hall–Kier alpha value is -2.73. The Morgan fingerprint density at radius 3 is 2.48 bits per heavy atom. The third-order valence-electron chi connectivity index (χ3n) is 5.06.